The topological polar surface area (TPSA) is 149 Å². The largest absolute Gasteiger partial charge is 0.394 e. The van der Waals surface area contributed by atoms with E-state index in [1.165, 1.54) is 193 Å². The van der Waals surface area contributed by atoms with E-state index in [2.05, 4.69) is 19.2 Å². The van der Waals surface area contributed by atoms with Crippen LogP contribution in [-0.4, -0.2) is 87.5 Å². The van der Waals surface area contributed by atoms with Crippen LogP contribution < -0.4 is 5.32 Å². The van der Waals surface area contributed by atoms with Gasteiger partial charge in [0.1, 0.15) is 24.4 Å². The lowest BCUT2D eigenvalue weighted by molar-refractivity contribution is -0.302. The summed E-state index contributed by atoms with van der Waals surface area (Å²) >= 11 is 0. The third-order valence-corrected chi connectivity index (χ3v) is 12.6. The fourth-order valence-corrected chi connectivity index (χ4v) is 8.45. The summed E-state index contributed by atoms with van der Waals surface area (Å²) in [6, 6.07) is -0.797. The lowest BCUT2D eigenvalue weighted by Crippen LogP contribution is -2.60. The number of nitrogens with one attached hydrogen (secondary N) is 1. The Balaban J connectivity index is 2.05. The van der Waals surface area contributed by atoms with Crippen molar-refractivity contribution in [2.45, 2.75) is 294 Å². The second kappa shape index (κ2) is 41.9. The van der Waals surface area contributed by atoms with Crippen molar-refractivity contribution in [3.05, 3.63) is 12.2 Å². The average molecular weight is 854 g/mol. The van der Waals surface area contributed by atoms with Crippen molar-refractivity contribution in [3.8, 4) is 0 Å². The molecule has 0 aromatic heterocycles. The van der Waals surface area contributed by atoms with Gasteiger partial charge in [-0.05, 0) is 19.3 Å². The van der Waals surface area contributed by atoms with Crippen LogP contribution in [0.2, 0.25) is 0 Å². The first-order chi connectivity index (χ1) is 29.3. The predicted octanol–water partition coefficient (Wildman–Crippen LogP) is 11.7. The molecule has 60 heavy (non-hydrogen) atoms. The molecular weight excluding hydrogens is 755 g/mol. The fraction of sp³-hybridized carbons (Fsp3) is 0.941. The number of aliphatic hydroxyl groups is 5. The van der Waals surface area contributed by atoms with E-state index >= 15 is 0 Å². The number of allylic oxidation sites excluding steroid dienone is 1. The number of amides is 1. The highest BCUT2D eigenvalue weighted by molar-refractivity contribution is 5.76. The summed E-state index contributed by atoms with van der Waals surface area (Å²) in [4.78, 5) is 12.9. The highest BCUT2D eigenvalue weighted by atomic mass is 16.7. The monoisotopic (exact) mass is 854 g/mol. The minimum absolute atomic E-state index is 0.176. The van der Waals surface area contributed by atoms with E-state index in [9.17, 15) is 30.3 Å². The Morgan fingerprint density at radius 1 is 0.550 bits per heavy atom. The van der Waals surface area contributed by atoms with Crippen LogP contribution in [0.15, 0.2) is 12.2 Å². The van der Waals surface area contributed by atoms with Crippen LogP contribution in [0.5, 0.6) is 0 Å². The maximum Gasteiger partial charge on any atom is 0.220 e. The first-order valence-electron chi connectivity index (χ1n) is 25.9. The van der Waals surface area contributed by atoms with Gasteiger partial charge in [-0.2, -0.15) is 0 Å². The van der Waals surface area contributed by atoms with Crippen LogP contribution in [0.3, 0.4) is 0 Å². The molecule has 1 heterocycles. The Morgan fingerprint density at radius 2 is 0.917 bits per heavy atom. The van der Waals surface area contributed by atoms with Crippen LogP contribution in [-0.2, 0) is 14.3 Å². The van der Waals surface area contributed by atoms with Crippen molar-refractivity contribution < 1.29 is 39.8 Å². The van der Waals surface area contributed by atoms with Gasteiger partial charge in [0.05, 0.1) is 25.4 Å². The average Bonchev–Trinajstić information content (AvgIpc) is 3.25. The summed E-state index contributed by atoms with van der Waals surface area (Å²) in [6.45, 7) is 3.73. The van der Waals surface area contributed by atoms with E-state index in [0.717, 1.165) is 38.5 Å². The standard InChI is InChI=1S/C51H99NO8/c1-3-5-7-9-11-12-13-14-15-16-17-18-19-20-21-22-23-24-25-26-27-28-29-30-31-32-33-35-37-39-41-47(55)52-44(45(54)40-38-36-34-10-8-6-4-2)43-59-51-50(58)49(57)48(56)46(42-53)60-51/h38,40,44-46,48-51,53-54,56-58H,3-37,39,41-43H2,1-2H3,(H,52,55)/b40-38+. The normalized spacial score (nSPS) is 20.6. The molecule has 0 aliphatic carbocycles. The minimum atomic E-state index is -1.56. The highest BCUT2D eigenvalue weighted by Gasteiger charge is 2.44. The molecule has 0 saturated carbocycles. The number of ether oxygens (including phenoxy) is 2. The number of carbonyl (C=O) groups is 1. The van der Waals surface area contributed by atoms with Gasteiger partial charge >= 0.3 is 0 Å². The molecule has 1 saturated heterocycles. The molecular formula is C51H99NO8. The zero-order valence-corrected chi connectivity index (χ0v) is 39.2. The van der Waals surface area contributed by atoms with E-state index in [-0.39, 0.29) is 12.5 Å². The summed E-state index contributed by atoms with van der Waals surface area (Å²) in [5.74, 6) is -0.176. The molecule has 1 amide bonds. The van der Waals surface area contributed by atoms with E-state index < -0.39 is 49.5 Å². The maximum absolute atomic E-state index is 12.9. The Bertz CT molecular complexity index is 950. The van der Waals surface area contributed by atoms with Gasteiger partial charge in [0.25, 0.3) is 0 Å². The molecule has 0 bridgehead atoms. The minimum Gasteiger partial charge on any atom is -0.394 e. The molecule has 1 rings (SSSR count). The summed E-state index contributed by atoms with van der Waals surface area (Å²) in [7, 11) is 0. The molecule has 6 N–H and O–H groups in total. The van der Waals surface area contributed by atoms with Gasteiger partial charge in [0.2, 0.25) is 5.91 Å². The highest BCUT2D eigenvalue weighted by Crippen LogP contribution is 2.23. The first-order valence-corrected chi connectivity index (χ1v) is 25.9. The third kappa shape index (κ3) is 31.7. The number of carbonyl (C=O) groups excluding carboxylic acids is 1. The van der Waals surface area contributed by atoms with Crippen LogP contribution in [0.25, 0.3) is 0 Å². The van der Waals surface area contributed by atoms with Gasteiger partial charge in [0, 0.05) is 6.42 Å². The van der Waals surface area contributed by atoms with Crippen molar-refractivity contribution >= 4 is 5.91 Å². The number of hydrogen-bond donors (Lipinski definition) is 6. The van der Waals surface area contributed by atoms with Crippen molar-refractivity contribution in [2.24, 2.45) is 0 Å². The van der Waals surface area contributed by atoms with Gasteiger partial charge in [0.15, 0.2) is 6.29 Å². The Morgan fingerprint density at radius 3 is 1.30 bits per heavy atom. The molecule has 9 heteroatoms. The number of unbranched alkanes of at least 4 members (excludes halogenated alkanes) is 34. The van der Waals surface area contributed by atoms with Crippen molar-refractivity contribution in [2.75, 3.05) is 13.2 Å². The quantitative estimate of drug-likeness (QED) is 0.0262. The lowest BCUT2D eigenvalue weighted by Gasteiger charge is -2.40. The Labute approximate surface area is 369 Å². The predicted molar refractivity (Wildman–Crippen MR) is 249 cm³/mol. The van der Waals surface area contributed by atoms with Crippen LogP contribution in [0, 0.1) is 0 Å². The van der Waals surface area contributed by atoms with Gasteiger partial charge in [-0.3, -0.25) is 4.79 Å². The zero-order chi connectivity index (χ0) is 43.7. The van der Waals surface area contributed by atoms with Crippen LogP contribution >= 0.6 is 0 Å². The van der Waals surface area contributed by atoms with Gasteiger partial charge < -0.3 is 40.3 Å². The van der Waals surface area contributed by atoms with Crippen LogP contribution in [0.4, 0.5) is 0 Å². The zero-order valence-electron chi connectivity index (χ0n) is 39.2. The van der Waals surface area contributed by atoms with Crippen molar-refractivity contribution in [1.29, 1.82) is 0 Å². The number of hydrogen-bond acceptors (Lipinski definition) is 8. The molecule has 0 aromatic carbocycles. The number of rotatable bonds is 44. The third-order valence-electron chi connectivity index (χ3n) is 12.6. The maximum atomic E-state index is 12.9. The Hall–Kier alpha value is -1.07. The molecule has 0 aromatic rings. The summed E-state index contributed by atoms with van der Waals surface area (Å²) in [6.07, 6.45) is 43.2. The molecule has 9 nitrogen and oxygen atoms in total. The van der Waals surface area contributed by atoms with E-state index in [1.807, 2.05) is 6.08 Å². The molecule has 1 aliphatic rings. The molecule has 1 fully saturated rings. The van der Waals surface area contributed by atoms with Crippen LogP contribution in [0.1, 0.15) is 251 Å². The molecule has 7 atom stereocenters. The Kier molecular flexibility index (Phi) is 39.8. The fourth-order valence-electron chi connectivity index (χ4n) is 8.45. The molecule has 0 spiro atoms. The van der Waals surface area contributed by atoms with E-state index in [1.54, 1.807) is 6.08 Å². The second-order valence-corrected chi connectivity index (χ2v) is 18.3. The summed E-state index contributed by atoms with van der Waals surface area (Å²) in [5.41, 5.74) is 0. The SMILES string of the molecule is CCCCCCC/C=C/C(O)C(COC1OC(CO)C(O)C(O)C1O)NC(=O)CCCCCCCCCCCCCCCCCCCCCCCCCCCCCCCC. The molecule has 1 aliphatic heterocycles. The number of aliphatic hydroxyl groups excluding tert-OH is 5. The summed E-state index contributed by atoms with van der Waals surface area (Å²) in [5, 5.41) is 53.9. The molecule has 0 radical (unpaired) electrons. The summed E-state index contributed by atoms with van der Waals surface area (Å²) < 4.78 is 11.2. The molecule has 356 valence electrons. The van der Waals surface area contributed by atoms with E-state index in [0.29, 0.717) is 6.42 Å². The van der Waals surface area contributed by atoms with Gasteiger partial charge in [-0.1, -0.05) is 238 Å². The first kappa shape index (κ1) is 56.9. The van der Waals surface area contributed by atoms with Crippen molar-refractivity contribution in [1.82, 2.24) is 5.32 Å². The smallest absolute Gasteiger partial charge is 0.220 e. The van der Waals surface area contributed by atoms with Gasteiger partial charge in [-0.25, -0.2) is 0 Å². The van der Waals surface area contributed by atoms with Crippen molar-refractivity contribution in [3.63, 3.8) is 0 Å². The lowest BCUT2D eigenvalue weighted by atomic mass is 9.99. The van der Waals surface area contributed by atoms with E-state index in [4.69, 9.17) is 9.47 Å². The molecule has 7 unspecified atom stereocenters. The van der Waals surface area contributed by atoms with Gasteiger partial charge in [-0.15, -0.1) is 0 Å². The second-order valence-electron chi connectivity index (χ2n) is 18.3.